The Balaban J connectivity index is 1.29. The summed E-state index contributed by atoms with van der Waals surface area (Å²) < 4.78 is 19.0. The summed E-state index contributed by atoms with van der Waals surface area (Å²) in [5.74, 6) is -0.283. The Bertz CT molecular complexity index is 1720. The Morgan fingerprint density at radius 3 is 2.10 bits per heavy atom. The Labute approximate surface area is 246 Å². The second-order valence-electron chi connectivity index (χ2n) is 9.14. The van der Waals surface area contributed by atoms with Crippen LogP contribution in [0.15, 0.2) is 136 Å². The molecule has 0 saturated carbocycles. The fraction of sp³-hybridized carbons (Fsp3) is 0.0294. The van der Waals surface area contributed by atoms with E-state index in [-0.39, 0.29) is 17.2 Å². The molecule has 2 N–H and O–H groups in total. The maximum atomic E-state index is 13.3. The molecule has 208 valence electrons. The minimum Gasteiger partial charge on any atom is -0.457 e. The lowest BCUT2D eigenvalue weighted by Crippen LogP contribution is -2.30. The standard InChI is InChI=1S/C34H25FN2O4S/c35-26-13-11-23(12-14-26)31(38)22-42-29-18-15-27(16-19-29)36-34(40)30(37-33(39)25-9-5-2-6-10-25)21-28-17-20-32(41-28)24-7-3-1-4-8-24/h1-21H,22H2,(H,36,40)(H,37,39)/b30-21+. The van der Waals surface area contributed by atoms with E-state index < -0.39 is 17.6 Å². The normalized spacial score (nSPS) is 11.1. The van der Waals surface area contributed by atoms with Crippen LogP contribution in [0, 0.1) is 5.82 Å². The van der Waals surface area contributed by atoms with Crippen molar-refractivity contribution in [3.05, 3.63) is 150 Å². The number of furan rings is 1. The topological polar surface area (TPSA) is 88.4 Å². The molecule has 0 aliphatic rings. The van der Waals surface area contributed by atoms with E-state index in [2.05, 4.69) is 10.6 Å². The van der Waals surface area contributed by atoms with E-state index in [1.807, 2.05) is 30.3 Å². The molecule has 0 bridgehead atoms. The third kappa shape index (κ3) is 7.50. The number of carbonyl (C=O) groups excluding carboxylic acids is 3. The van der Waals surface area contributed by atoms with Crippen LogP contribution in [-0.2, 0) is 4.79 Å². The number of halogens is 1. The van der Waals surface area contributed by atoms with Crippen molar-refractivity contribution in [2.45, 2.75) is 4.90 Å². The molecule has 0 spiro atoms. The molecular formula is C34H25FN2O4S. The molecule has 5 aromatic rings. The summed E-state index contributed by atoms with van der Waals surface area (Å²) in [4.78, 5) is 39.4. The molecule has 4 aromatic carbocycles. The van der Waals surface area contributed by atoms with E-state index in [4.69, 9.17) is 4.42 Å². The van der Waals surface area contributed by atoms with Crippen molar-refractivity contribution >= 4 is 41.1 Å². The first kappa shape index (κ1) is 28.3. The average molecular weight is 577 g/mol. The van der Waals surface area contributed by atoms with Gasteiger partial charge in [-0.15, -0.1) is 11.8 Å². The summed E-state index contributed by atoms with van der Waals surface area (Å²) in [6.45, 7) is 0. The monoisotopic (exact) mass is 576 g/mol. The van der Waals surface area contributed by atoms with Crippen molar-refractivity contribution in [2.24, 2.45) is 0 Å². The highest BCUT2D eigenvalue weighted by Gasteiger charge is 2.16. The van der Waals surface area contributed by atoms with E-state index in [0.717, 1.165) is 10.5 Å². The quantitative estimate of drug-likeness (QED) is 0.102. The van der Waals surface area contributed by atoms with Crippen LogP contribution in [0.3, 0.4) is 0 Å². The molecule has 0 aliphatic carbocycles. The molecule has 1 heterocycles. The Kier molecular flexibility index (Phi) is 9.06. The Morgan fingerprint density at radius 1 is 0.738 bits per heavy atom. The fourth-order valence-corrected chi connectivity index (χ4v) is 4.77. The molecule has 42 heavy (non-hydrogen) atoms. The van der Waals surface area contributed by atoms with Gasteiger partial charge in [-0.2, -0.15) is 0 Å². The van der Waals surface area contributed by atoms with Crippen LogP contribution in [0.1, 0.15) is 26.5 Å². The molecule has 0 atom stereocenters. The van der Waals surface area contributed by atoms with Crippen LogP contribution in [0.4, 0.5) is 10.1 Å². The minimum atomic E-state index is -0.538. The lowest BCUT2D eigenvalue weighted by atomic mass is 10.1. The van der Waals surface area contributed by atoms with Crippen molar-refractivity contribution < 1.29 is 23.2 Å². The highest BCUT2D eigenvalue weighted by molar-refractivity contribution is 8.00. The predicted octanol–water partition coefficient (Wildman–Crippen LogP) is 7.47. The average Bonchev–Trinajstić information content (AvgIpc) is 3.50. The number of anilines is 1. The minimum absolute atomic E-state index is 0.00107. The molecule has 0 radical (unpaired) electrons. The number of Topliss-reactive ketones (excluding diaryl/α,β-unsaturated/α-hetero) is 1. The fourth-order valence-electron chi connectivity index (χ4n) is 3.97. The van der Waals surface area contributed by atoms with Gasteiger partial charge in [-0.25, -0.2) is 4.39 Å². The lowest BCUT2D eigenvalue weighted by Gasteiger charge is -2.11. The van der Waals surface area contributed by atoms with E-state index in [1.165, 1.54) is 42.1 Å². The molecule has 5 rings (SSSR count). The molecule has 1 aromatic heterocycles. The van der Waals surface area contributed by atoms with Crippen molar-refractivity contribution in [3.8, 4) is 11.3 Å². The van der Waals surface area contributed by atoms with Gasteiger partial charge in [-0.1, -0.05) is 48.5 Å². The van der Waals surface area contributed by atoms with Crippen molar-refractivity contribution in [1.82, 2.24) is 5.32 Å². The number of hydrogen-bond acceptors (Lipinski definition) is 5. The summed E-state index contributed by atoms with van der Waals surface area (Å²) in [6.07, 6.45) is 1.48. The van der Waals surface area contributed by atoms with Gasteiger partial charge < -0.3 is 15.1 Å². The van der Waals surface area contributed by atoms with Crippen LogP contribution in [0.2, 0.25) is 0 Å². The zero-order valence-corrected chi connectivity index (χ0v) is 23.1. The third-order valence-electron chi connectivity index (χ3n) is 6.15. The number of nitrogens with one attached hydrogen (secondary N) is 2. The first-order chi connectivity index (χ1) is 20.4. The first-order valence-corrected chi connectivity index (χ1v) is 14.0. The van der Waals surface area contributed by atoms with Crippen molar-refractivity contribution in [1.29, 1.82) is 0 Å². The number of hydrogen-bond donors (Lipinski definition) is 2. The number of ketones is 1. The molecule has 0 fully saturated rings. The SMILES string of the molecule is O=C(Nc1ccc(SCC(=O)c2ccc(F)cc2)cc1)/C(=C\c1ccc(-c2ccccc2)o1)NC(=O)c1ccccc1. The van der Waals surface area contributed by atoms with Gasteiger partial charge in [0.25, 0.3) is 11.8 Å². The van der Waals surface area contributed by atoms with Crippen LogP contribution in [-0.4, -0.2) is 23.4 Å². The molecular weight excluding hydrogens is 551 g/mol. The number of rotatable bonds is 10. The second kappa shape index (κ2) is 13.4. The summed E-state index contributed by atoms with van der Waals surface area (Å²) in [5, 5.41) is 5.50. The van der Waals surface area contributed by atoms with Crippen LogP contribution in [0.5, 0.6) is 0 Å². The van der Waals surface area contributed by atoms with Gasteiger partial charge in [-0.3, -0.25) is 14.4 Å². The van der Waals surface area contributed by atoms with Gasteiger partial charge in [0.2, 0.25) is 0 Å². The highest BCUT2D eigenvalue weighted by Crippen LogP contribution is 2.24. The molecule has 0 unspecified atom stereocenters. The first-order valence-electron chi connectivity index (χ1n) is 13.0. The molecule has 2 amide bonds. The number of benzene rings is 4. The summed E-state index contributed by atoms with van der Waals surface area (Å²) in [7, 11) is 0. The van der Waals surface area contributed by atoms with Crippen LogP contribution >= 0.6 is 11.8 Å². The van der Waals surface area contributed by atoms with Gasteiger partial charge in [0.1, 0.15) is 23.0 Å². The Hall–Kier alpha value is -5.21. The predicted molar refractivity (Wildman–Crippen MR) is 163 cm³/mol. The Morgan fingerprint density at radius 2 is 1.40 bits per heavy atom. The second-order valence-corrected chi connectivity index (χ2v) is 10.2. The maximum absolute atomic E-state index is 13.3. The summed E-state index contributed by atoms with van der Waals surface area (Å²) in [6, 6.07) is 34.1. The number of thioether (sulfide) groups is 1. The molecule has 0 aliphatic heterocycles. The molecule has 8 heteroatoms. The van der Waals surface area contributed by atoms with Crippen LogP contribution < -0.4 is 10.6 Å². The highest BCUT2D eigenvalue weighted by atomic mass is 32.2. The van der Waals surface area contributed by atoms with Crippen LogP contribution in [0.25, 0.3) is 17.4 Å². The van der Waals surface area contributed by atoms with Crippen molar-refractivity contribution in [3.63, 3.8) is 0 Å². The molecule has 6 nitrogen and oxygen atoms in total. The number of carbonyl (C=O) groups is 3. The lowest BCUT2D eigenvalue weighted by molar-refractivity contribution is -0.113. The van der Waals surface area contributed by atoms with E-state index >= 15 is 0 Å². The van der Waals surface area contributed by atoms with E-state index in [9.17, 15) is 18.8 Å². The van der Waals surface area contributed by atoms with E-state index in [1.54, 1.807) is 66.7 Å². The van der Waals surface area contributed by atoms with Gasteiger partial charge in [-0.05, 0) is 72.8 Å². The third-order valence-corrected chi connectivity index (χ3v) is 7.16. The zero-order valence-electron chi connectivity index (χ0n) is 22.3. The van der Waals surface area contributed by atoms with Gasteiger partial charge in [0, 0.05) is 33.3 Å². The smallest absolute Gasteiger partial charge is 0.272 e. The largest absolute Gasteiger partial charge is 0.457 e. The van der Waals surface area contributed by atoms with E-state index in [0.29, 0.717) is 28.3 Å². The van der Waals surface area contributed by atoms with Gasteiger partial charge in [0.05, 0.1) is 5.75 Å². The van der Waals surface area contributed by atoms with Gasteiger partial charge in [0.15, 0.2) is 5.78 Å². The van der Waals surface area contributed by atoms with Crippen molar-refractivity contribution in [2.75, 3.05) is 11.1 Å². The summed E-state index contributed by atoms with van der Waals surface area (Å²) >= 11 is 1.33. The maximum Gasteiger partial charge on any atom is 0.272 e. The zero-order chi connectivity index (χ0) is 29.3. The molecule has 0 saturated heterocycles. The number of amides is 2. The summed E-state index contributed by atoms with van der Waals surface area (Å²) in [5.41, 5.74) is 2.22. The van der Waals surface area contributed by atoms with Gasteiger partial charge >= 0.3 is 0 Å².